The zero-order valence-corrected chi connectivity index (χ0v) is 17.7. The summed E-state index contributed by atoms with van der Waals surface area (Å²) < 4.78 is 11.2. The van der Waals surface area contributed by atoms with Gasteiger partial charge < -0.3 is 19.9 Å². The van der Waals surface area contributed by atoms with E-state index in [2.05, 4.69) is 29.6 Å². The van der Waals surface area contributed by atoms with Crippen LogP contribution in [0.15, 0.2) is 72.8 Å². The Morgan fingerprint density at radius 3 is 2.26 bits per heavy atom. The number of aliphatic hydroxyl groups excluding tert-OH is 1. The molecular weight excluding hydrogens is 390 g/mol. The monoisotopic (exact) mass is 417 g/mol. The Labute approximate surface area is 182 Å². The molecule has 1 atom stereocenters. The molecule has 0 spiro atoms. The highest BCUT2D eigenvalue weighted by molar-refractivity contribution is 5.79. The zero-order chi connectivity index (χ0) is 21.8. The normalized spacial score (nSPS) is 13.4. The smallest absolute Gasteiger partial charge is 0.407 e. The maximum atomic E-state index is 12.3. The molecule has 31 heavy (non-hydrogen) atoms. The minimum atomic E-state index is -0.851. The van der Waals surface area contributed by atoms with E-state index in [1.807, 2.05) is 50.2 Å². The van der Waals surface area contributed by atoms with Crippen molar-refractivity contribution in [3.05, 3.63) is 89.5 Å². The molecular formula is C26H27NO4. The summed E-state index contributed by atoms with van der Waals surface area (Å²) in [6, 6.07) is 23.7. The third-order valence-electron chi connectivity index (χ3n) is 5.40. The lowest BCUT2D eigenvalue weighted by atomic mass is 9.98. The molecule has 0 aliphatic heterocycles. The van der Waals surface area contributed by atoms with Crippen LogP contribution in [0.3, 0.4) is 0 Å². The van der Waals surface area contributed by atoms with E-state index in [1.54, 1.807) is 12.1 Å². The Morgan fingerprint density at radius 2 is 1.61 bits per heavy atom. The van der Waals surface area contributed by atoms with Crippen LogP contribution >= 0.6 is 0 Å². The highest BCUT2D eigenvalue weighted by Gasteiger charge is 2.29. The molecule has 1 aliphatic carbocycles. The van der Waals surface area contributed by atoms with Crippen LogP contribution in [0.2, 0.25) is 0 Å². The molecule has 1 amide bonds. The largest absolute Gasteiger partial charge is 0.491 e. The fourth-order valence-corrected chi connectivity index (χ4v) is 4.01. The van der Waals surface area contributed by atoms with Crippen molar-refractivity contribution >= 4 is 6.09 Å². The van der Waals surface area contributed by atoms with E-state index in [1.165, 1.54) is 22.3 Å². The number of carbonyl (C=O) groups excluding carboxylic acids is 1. The van der Waals surface area contributed by atoms with E-state index < -0.39 is 12.2 Å². The van der Waals surface area contributed by atoms with Crippen molar-refractivity contribution in [3.63, 3.8) is 0 Å². The minimum absolute atomic E-state index is 0.00735. The third kappa shape index (κ3) is 4.72. The van der Waals surface area contributed by atoms with Crippen molar-refractivity contribution in [2.24, 2.45) is 0 Å². The Bertz CT molecular complexity index is 1020. The van der Waals surface area contributed by atoms with E-state index in [0.717, 1.165) is 0 Å². The van der Waals surface area contributed by atoms with Gasteiger partial charge in [-0.15, -0.1) is 0 Å². The molecule has 3 aromatic rings. The number of carbonyl (C=O) groups is 1. The number of alkyl carbamates (subject to hydrolysis) is 1. The lowest BCUT2D eigenvalue weighted by Gasteiger charge is -2.17. The topological polar surface area (TPSA) is 67.8 Å². The average molecular weight is 418 g/mol. The summed E-state index contributed by atoms with van der Waals surface area (Å²) >= 11 is 0. The van der Waals surface area contributed by atoms with Crippen LogP contribution in [-0.4, -0.2) is 30.5 Å². The number of hydrogen-bond donors (Lipinski definition) is 2. The summed E-state index contributed by atoms with van der Waals surface area (Å²) in [6.45, 7) is 4.19. The predicted octanol–water partition coefficient (Wildman–Crippen LogP) is 5.05. The number of amides is 1. The van der Waals surface area contributed by atoms with Gasteiger partial charge in [-0.2, -0.15) is 0 Å². The Morgan fingerprint density at radius 1 is 0.968 bits per heavy atom. The van der Waals surface area contributed by atoms with Gasteiger partial charge in [0.25, 0.3) is 0 Å². The second-order valence-corrected chi connectivity index (χ2v) is 7.96. The highest BCUT2D eigenvalue weighted by Crippen LogP contribution is 2.44. The predicted molar refractivity (Wildman–Crippen MR) is 120 cm³/mol. The molecule has 1 aliphatic rings. The van der Waals surface area contributed by atoms with Crippen molar-refractivity contribution in [1.82, 2.24) is 5.32 Å². The number of ether oxygens (including phenoxy) is 2. The van der Waals surface area contributed by atoms with E-state index in [4.69, 9.17) is 9.47 Å². The first-order chi connectivity index (χ1) is 15.0. The highest BCUT2D eigenvalue weighted by atomic mass is 16.5. The third-order valence-corrected chi connectivity index (χ3v) is 5.40. The van der Waals surface area contributed by atoms with Gasteiger partial charge in [-0.3, -0.25) is 0 Å². The molecule has 0 fully saturated rings. The maximum absolute atomic E-state index is 12.3. The molecule has 0 aromatic heterocycles. The van der Waals surface area contributed by atoms with Crippen molar-refractivity contribution in [3.8, 4) is 16.9 Å². The molecule has 1 unspecified atom stereocenters. The van der Waals surface area contributed by atoms with Gasteiger partial charge in [-0.25, -0.2) is 4.79 Å². The fourth-order valence-electron chi connectivity index (χ4n) is 4.01. The van der Waals surface area contributed by atoms with Crippen LogP contribution in [0.1, 0.15) is 42.6 Å². The molecule has 2 N–H and O–H groups in total. The van der Waals surface area contributed by atoms with Crippen molar-refractivity contribution in [2.45, 2.75) is 32.0 Å². The number of rotatable bonds is 7. The lowest BCUT2D eigenvalue weighted by Crippen LogP contribution is -2.30. The second-order valence-electron chi connectivity index (χ2n) is 7.96. The molecule has 0 saturated carbocycles. The Hall–Kier alpha value is -3.31. The van der Waals surface area contributed by atoms with Crippen LogP contribution in [0.4, 0.5) is 4.79 Å². The average Bonchev–Trinajstić information content (AvgIpc) is 3.09. The molecule has 4 rings (SSSR count). The number of nitrogens with one attached hydrogen (secondary N) is 1. The summed E-state index contributed by atoms with van der Waals surface area (Å²) in [4.78, 5) is 12.3. The van der Waals surface area contributed by atoms with Crippen molar-refractivity contribution in [2.75, 3.05) is 13.2 Å². The first-order valence-corrected chi connectivity index (χ1v) is 10.6. The lowest BCUT2D eigenvalue weighted by molar-refractivity contribution is 0.128. The fraction of sp³-hybridized carbons (Fsp3) is 0.269. The zero-order valence-electron chi connectivity index (χ0n) is 17.7. The first-order valence-electron chi connectivity index (χ1n) is 10.6. The number of hydrogen-bond acceptors (Lipinski definition) is 4. The van der Waals surface area contributed by atoms with Crippen LogP contribution in [0.5, 0.6) is 5.75 Å². The quantitative estimate of drug-likeness (QED) is 0.565. The van der Waals surface area contributed by atoms with Crippen LogP contribution in [0, 0.1) is 0 Å². The maximum Gasteiger partial charge on any atom is 0.407 e. The molecule has 0 bridgehead atoms. The van der Waals surface area contributed by atoms with Gasteiger partial charge in [0.2, 0.25) is 0 Å². The van der Waals surface area contributed by atoms with E-state index in [0.29, 0.717) is 11.3 Å². The molecule has 5 heteroatoms. The van der Waals surface area contributed by atoms with Gasteiger partial charge in [-0.05, 0) is 53.8 Å². The number of fused-ring (bicyclic) bond motifs is 3. The van der Waals surface area contributed by atoms with Crippen molar-refractivity contribution < 1.29 is 19.4 Å². The van der Waals surface area contributed by atoms with Gasteiger partial charge in [0, 0.05) is 5.92 Å². The standard InChI is InChI=1S/C26H27NO4/c1-17(2)31-19-9-7-8-18(14-19)25(28)15-27-26(29)30-16-24-22-12-5-3-10-20(22)21-11-4-6-13-23(21)24/h3-14,17,24-25,28H,15-16H2,1-2H3,(H,27,29). The molecule has 3 aromatic carbocycles. The minimum Gasteiger partial charge on any atom is -0.491 e. The summed E-state index contributed by atoms with van der Waals surface area (Å²) in [5, 5.41) is 13.1. The SMILES string of the molecule is CC(C)Oc1cccc(C(O)CNC(=O)OCC2c3ccccc3-c3ccccc32)c1. The summed E-state index contributed by atoms with van der Waals surface area (Å²) in [5.41, 5.74) is 5.38. The van der Waals surface area contributed by atoms with E-state index in [9.17, 15) is 9.90 Å². The number of benzene rings is 3. The molecule has 0 saturated heterocycles. The van der Waals surface area contributed by atoms with E-state index >= 15 is 0 Å². The number of aliphatic hydroxyl groups is 1. The van der Waals surface area contributed by atoms with Gasteiger partial charge in [0.05, 0.1) is 18.8 Å². The Balaban J connectivity index is 1.34. The van der Waals surface area contributed by atoms with Gasteiger partial charge in [0.1, 0.15) is 12.4 Å². The van der Waals surface area contributed by atoms with Crippen molar-refractivity contribution in [1.29, 1.82) is 0 Å². The van der Waals surface area contributed by atoms with Crippen LogP contribution in [0.25, 0.3) is 11.1 Å². The Kier molecular flexibility index (Phi) is 6.23. The molecule has 0 heterocycles. The molecule has 5 nitrogen and oxygen atoms in total. The summed E-state index contributed by atoms with van der Waals surface area (Å²) in [5.74, 6) is 0.695. The first kappa shape index (κ1) is 20.9. The van der Waals surface area contributed by atoms with Gasteiger partial charge >= 0.3 is 6.09 Å². The van der Waals surface area contributed by atoms with Crippen LogP contribution in [-0.2, 0) is 4.74 Å². The second kappa shape index (κ2) is 9.23. The summed E-state index contributed by atoms with van der Waals surface area (Å²) in [6.07, 6.45) is -1.35. The summed E-state index contributed by atoms with van der Waals surface area (Å²) in [7, 11) is 0. The van der Waals surface area contributed by atoms with Crippen LogP contribution < -0.4 is 10.1 Å². The van der Waals surface area contributed by atoms with Gasteiger partial charge in [0.15, 0.2) is 0 Å². The van der Waals surface area contributed by atoms with E-state index in [-0.39, 0.29) is 25.2 Å². The molecule has 160 valence electrons. The van der Waals surface area contributed by atoms with Gasteiger partial charge in [-0.1, -0.05) is 60.7 Å². The molecule has 0 radical (unpaired) electrons.